The molecule has 1 saturated heterocycles. The summed E-state index contributed by atoms with van der Waals surface area (Å²) in [5, 5.41) is 21.7. The van der Waals surface area contributed by atoms with E-state index < -0.39 is 10.8 Å². The smallest absolute Gasteiger partial charge is 0.293 e. The minimum absolute atomic E-state index is 0.0259. The number of nitro benzene ring substituents is 1. The summed E-state index contributed by atoms with van der Waals surface area (Å²) in [6, 6.07) is 14.8. The van der Waals surface area contributed by atoms with Crippen molar-refractivity contribution in [2.45, 2.75) is 12.8 Å². The van der Waals surface area contributed by atoms with Crippen molar-refractivity contribution in [2.75, 3.05) is 28.6 Å². The first-order valence-electron chi connectivity index (χ1n) is 10.5. The van der Waals surface area contributed by atoms with Gasteiger partial charge in [-0.3, -0.25) is 25.0 Å². The van der Waals surface area contributed by atoms with Gasteiger partial charge in [-0.2, -0.15) is 0 Å². The Hall–Kier alpha value is -3.83. The van der Waals surface area contributed by atoms with Crippen LogP contribution < -0.4 is 20.9 Å². The first-order valence-corrected chi connectivity index (χ1v) is 11.8. The average molecular weight is 496 g/mol. The van der Waals surface area contributed by atoms with Crippen molar-refractivity contribution in [1.82, 2.24) is 5.32 Å². The van der Waals surface area contributed by atoms with E-state index in [0.717, 1.165) is 25.9 Å². The lowest BCUT2D eigenvalue weighted by Gasteiger charge is -2.18. The summed E-state index contributed by atoms with van der Waals surface area (Å²) in [6.45, 7) is 1.51. The van der Waals surface area contributed by atoms with E-state index in [-0.39, 0.29) is 22.3 Å². The van der Waals surface area contributed by atoms with E-state index in [4.69, 9.17) is 12.2 Å². The highest BCUT2D eigenvalue weighted by Crippen LogP contribution is 2.31. The number of thiophene rings is 1. The Morgan fingerprint density at radius 2 is 1.71 bits per heavy atom. The molecule has 3 aromatic rings. The summed E-state index contributed by atoms with van der Waals surface area (Å²) in [5.74, 6) is -0.780. The van der Waals surface area contributed by atoms with Gasteiger partial charge < -0.3 is 15.5 Å². The van der Waals surface area contributed by atoms with Gasteiger partial charge in [0.25, 0.3) is 17.5 Å². The molecule has 1 aliphatic heterocycles. The van der Waals surface area contributed by atoms with Crippen LogP contribution in [0.15, 0.2) is 60.0 Å². The molecule has 0 saturated carbocycles. The number of anilines is 3. The Labute approximate surface area is 204 Å². The van der Waals surface area contributed by atoms with Crippen molar-refractivity contribution in [3.05, 3.63) is 80.5 Å². The first-order chi connectivity index (χ1) is 16.4. The number of rotatable bonds is 6. The van der Waals surface area contributed by atoms with Crippen LogP contribution in [-0.2, 0) is 0 Å². The second kappa shape index (κ2) is 10.4. The van der Waals surface area contributed by atoms with Crippen molar-refractivity contribution < 1.29 is 14.5 Å². The molecule has 1 fully saturated rings. The van der Waals surface area contributed by atoms with Gasteiger partial charge in [0.1, 0.15) is 5.69 Å². The Kier molecular flexibility index (Phi) is 7.14. The van der Waals surface area contributed by atoms with Crippen LogP contribution in [0.5, 0.6) is 0 Å². The van der Waals surface area contributed by atoms with Gasteiger partial charge in [0, 0.05) is 36.1 Å². The van der Waals surface area contributed by atoms with Crippen LogP contribution in [0.1, 0.15) is 32.9 Å². The first kappa shape index (κ1) is 23.3. The van der Waals surface area contributed by atoms with Crippen molar-refractivity contribution >= 4 is 63.2 Å². The zero-order valence-corrected chi connectivity index (χ0v) is 19.6. The standard InChI is InChI=1S/C23H21N5O4S2/c29-21(15-8-9-18(19(13-15)28(31)32)27-10-1-2-11-27)26-23(33)25-17-6-3-5-16(14-17)24-22(30)20-7-4-12-34-20/h3-9,12-14H,1-2,10-11H2,(H,24,30)(H2,25,26,29,33). The van der Waals surface area contributed by atoms with Crippen molar-refractivity contribution in [1.29, 1.82) is 0 Å². The van der Waals surface area contributed by atoms with Crippen LogP contribution in [-0.4, -0.2) is 34.9 Å². The molecular weight excluding hydrogens is 474 g/mol. The fourth-order valence-electron chi connectivity index (χ4n) is 3.65. The van der Waals surface area contributed by atoms with Gasteiger partial charge in [-0.1, -0.05) is 12.1 Å². The highest BCUT2D eigenvalue weighted by Gasteiger charge is 2.24. The average Bonchev–Trinajstić information content (AvgIpc) is 3.53. The molecule has 2 heterocycles. The van der Waals surface area contributed by atoms with E-state index in [1.54, 1.807) is 48.5 Å². The molecule has 4 rings (SSSR count). The number of amides is 2. The molecule has 9 nitrogen and oxygen atoms in total. The summed E-state index contributed by atoms with van der Waals surface area (Å²) in [6.07, 6.45) is 1.97. The molecule has 0 bridgehead atoms. The van der Waals surface area contributed by atoms with E-state index in [2.05, 4.69) is 16.0 Å². The summed E-state index contributed by atoms with van der Waals surface area (Å²) in [7, 11) is 0. The zero-order chi connectivity index (χ0) is 24.1. The van der Waals surface area contributed by atoms with Crippen LogP contribution >= 0.6 is 23.6 Å². The lowest BCUT2D eigenvalue weighted by atomic mass is 10.1. The Balaban J connectivity index is 1.40. The minimum atomic E-state index is -0.560. The van der Waals surface area contributed by atoms with E-state index in [9.17, 15) is 19.7 Å². The highest BCUT2D eigenvalue weighted by atomic mass is 32.1. The third-order valence-corrected chi connectivity index (χ3v) is 6.30. The molecule has 2 amide bonds. The molecule has 0 atom stereocenters. The molecule has 0 spiro atoms. The number of benzene rings is 2. The summed E-state index contributed by atoms with van der Waals surface area (Å²) in [4.78, 5) is 38.6. The topological polar surface area (TPSA) is 117 Å². The fourth-order valence-corrected chi connectivity index (χ4v) is 4.48. The third kappa shape index (κ3) is 5.56. The molecule has 1 aliphatic rings. The molecule has 0 radical (unpaired) electrons. The molecule has 1 aromatic heterocycles. The van der Waals surface area contributed by atoms with E-state index in [1.165, 1.54) is 17.4 Å². The molecule has 34 heavy (non-hydrogen) atoms. The molecule has 2 aromatic carbocycles. The Morgan fingerprint density at radius 1 is 0.971 bits per heavy atom. The second-order valence-electron chi connectivity index (χ2n) is 7.58. The number of hydrogen-bond acceptors (Lipinski definition) is 7. The molecule has 174 valence electrons. The summed E-state index contributed by atoms with van der Waals surface area (Å²) >= 11 is 6.57. The van der Waals surface area contributed by atoms with Gasteiger partial charge in [-0.05, 0) is 66.8 Å². The number of carbonyl (C=O) groups is 2. The Morgan fingerprint density at radius 3 is 2.38 bits per heavy atom. The summed E-state index contributed by atoms with van der Waals surface area (Å²) < 4.78 is 0. The van der Waals surface area contributed by atoms with E-state index in [0.29, 0.717) is 21.9 Å². The normalized spacial score (nSPS) is 12.8. The van der Waals surface area contributed by atoms with Gasteiger partial charge in [0.15, 0.2) is 5.11 Å². The largest absolute Gasteiger partial charge is 0.366 e. The maximum Gasteiger partial charge on any atom is 0.293 e. The maximum absolute atomic E-state index is 12.7. The second-order valence-corrected chi connectivity index (χ2v) is 8.93. The minimum Gasteiger partial charge on any atom is -0.366 e. The zero-order valence-electron chi connectivity index (χ0n) is 17.9. The van der Waals surface area contributed by atoms with Crippen LogP contribution in [0.4, 0.5) is 22.7 Å². The van der Waals surface area contributed by atoms with Crippen molar-refractivity contribution in [3.8, 4) is 0 Å². The molecule has 3 N–H and O–H groups in total. The number of nitrogens with one attached hydrogen (secondary N) is 3. The van der Waals surface area contributed by atoms with Crippen LogP contribution in [0.3, 0.4) is 0 Å². The number of carbonyl (C=O) groups excluding carboxylic acids is 2. The van der Waals surface area contributed by atoms with Gasteiger partial charge in [0.05, 0.1) is 9.80 Å². The van der Waals surface area contributed by atoms with Crippen LogP contribution in [0.2, 0.25) is 0 Å². The highest BCUT2D eigenvalue weighted by molar-refractivity contribution is 7.80. The van der Waals surface area contributed by atoms with Crippen LogP contribution in [0.25, 0.3) is 0 Å². The maximum atomic E-state index is 12.7. The van der Waals surface area contributed by atoms with Gasteiger partial charge in [-0.15, -0.1) is 11.3 Å². The van der Waals surface area contributed by atoms with E-state index in [1.807, 2.05) is 10.3 Å². The summed E-state index contributed by atoms with van der Waals surface area (Å²) in [5.41, 5.74) is 1.66. The predicted octanol–water partition coefficient (Wildman–Crippen LogP) is 4.64. The molecule has 0 aliphatic carbocycles. The van der Waals surface area contributed by atoms with Crippen molar-refractivity contribution in [3.63, 3.8) is 0 Å². The van der Waals surface area contributed by atoms with Gasteiger partial charge in [0.2, 0.25) is 0 Å². The van der Waals surface area contributed by atoms with Crippen molar-refractivity contribution in [2.24, 2.45) is 0 Å². The monoisotopic (exact) mass is 495 g/mol. The van der Waals surface area contributed by atoms with Gasteiger partial charge >= 0.3 is 0 Å². The number of thiocarbonyl (C=S) groups is 1. The molecular formula is C23H21N5O4S2. The number of hydrogen-bond donors (Lipinski definition) is 3. The third-order valence-electron chi connectivity index (χ3n) is 5.23. The lowest BCUT2D eigenvalue weighted by molar-refractivity contribution is -0.384. The lowest BCUT2D eigenvalue weighted by Crippen LogP contribution is -2.34. The van der Waals surface area contributed by atoms with E-state index >= 15 is 0 Å². The van der Waals surface area contributed by atoms with Crippen LogP contribution in [0, 0.1) is 10.1 Å². The molecule has 0 unspecified atom stereocenters. The number of nitro groups is 1. The quantitative estimate of drug-likeness (QED) is 0.259. The number of nitrogens with zero attached hydrogens (tertiary/aromatic N) is 2. The van der Waals surface area contributed by atoms with Gasteiger partial charge in [-0.25, -0.2) is 0 Å². The SMILES string of the molecule is O=C(NC(=S)Nc1cccc(NC(=O)c2cccs2)c1)c1ccc(N2CCCC2)c([N+](=O)[O-])c1. The fraction of sp³-hybridized carbons (Fsp3) is 0.174. The Bertz CT molecular complexity index is 1240. The predicted molar refractivity (Wildman–Crippen MR) is 137 cm³/mol. The molecule has 11 heteroatoms.